The molecule has 1 saturated heterocycles. The van der Waals surface area contributed by atoms with E-state index in [1.165, 1.54) is 19.3 Å². The summed E-state index contributed by atoms with van der Waals surface area (Å²) < 4.78 is 0. The molecule has 0 aromatic heterocycles. The number of nitrogens with zero attached hydrogens (tertiary/aromatic N) is 2. The minimum atomic E-state index is -0.100. The number of carbonyl (C=O) groups excluding carboxylic acids is 2. The molecule has 0 radical (unpaired) electrons. The monoisotopic (exact) mass is 383 g/mol. The summed E-state index contributed by atoms with van der Waals surface area (Å²) in [7, 11) is 0. The van der Waals surface area contributed by atoms with Gasteiger partial charge in [0.15, 0.2) is 0 Å². The second kappa shape index (κ2) is 8.28. The maximum Gasteiger partial charge on any atom is 0.317 e. The number of halogens is 2. The van der Waals surface area contributed by atoms with Gasteiger partial charge in [-0.1, -0.05) is 42.5 Å². The van der Waals surface area contributed by atoms with Gasteiger partial charge in [0.1, 0.15) is 0 Å². The molecule has 2 aliphatic rings. The van der Waals surface area contributed by atoms with E-state index in [1.54, 1.807) is 28.0 Å². The van der Waals surface area contributed by atoms with E-state index in [0.29, 0.717) is 47.8 Å². The van der Waals surface area contributed by atoms with Gasteiger partial charge >= 0.3 is 6.03 Å². The van der Waals surface area contributed by atoms with Gasteiger partial charge in [0.05, 0.1) is 0 Å². The number of nitrogens with one attached hydrogen (secondary N) is 1. The highest BCUT2D eigenvalue weighted by Gasteiger charge is 2.26. The molecule has 2 fully saturated rings. The highest BCUT2D eigenvalue weighted by Crippen LogP contribution is 2.21. The third kappa shape index (κ3) is 4.79. The highest BCUT2D eigenvalue weighted by molar-refractivity contribution is 6.35. The molecule has 1 saturated carbocycles. The molecule has 1 aromatic carbocycles. The van der Waals surface area contributed by atoms with Crippen LogP contribution in [0.3, 0.4) is 0 Å². The summed E-state index contributed by atoms with van der Waals surface area (Å²) in [6.07, 6.45) is 5.78. The average molecular weight is 384 g/mol. The second-order valence-corrected chi connectivity index (χ2v) is 7.59. The molecule has 3 amide bonds. The fraction of sp³-hybridized carbons (Fsp3) is 0.556. The summed E-state index contributed by atoms with van der Waals surface area (Å²) in [5.41, 5.74) is 0.484. The summed E-state index contributed by atoms with van der Waals surface area (Å²) >= 11 is 11.9. The van der Waals surface area contributed by atoms with Crippen LogP contribution in [-0.2, 0) is 0 Å². The predicted molar refractivity (Wildman–Crippen MR) is 99.3 cm³/mol. The van der Waals surface area contributed by atoms with Gasteiger partial charge in [-0.3, -0.25) is 4.79 Å². The predicted octanol–water partition coefficient (Wildman–Crippen LogP) is 3.79. The number of hydrogen-bond acceptors (Lipinski definition) is 2. The number of amides is 3. The molecule has 136 valence electrons. The molecule has 1 aliphatic heterocycles. The molecule has 0 bridgehead atoms. The lowest BCUT2D eigenvalue weighted by Crippen LogP contribution is -2.54. The maximum absolute atomic E-state index is 12.6. The van der Waals surface area contributed by atoms with Gasteiger partial charge in [0.25, 0.3) is 5.91 Å². The van der Waals surface area contributed by atoms with E-state index in [2.05, 4.69) is 5.32 Å². The fourth-order valence-electron chi connectivity index (χ4n) is 3.49. The SMILES string of the molecule is O=C(NC1CCCCC1)N1CCN(C(=O)c2cc(Cl)cc(Cl)c2)CC1. The normalized spacial score (nSPS) is 19.0. The number of rotatable bonds is 2. The molecule has 1 heterocycles. The minimum Gasteiger partial charge on any atom is -0.335 e. The van der Waals surface area contributed by atoms with E-state index in [-0.39, 0.29) is 11.9 Å². The van der Waals surface area contributed by atoms with Crippen LogP contribution >= 0.6 is 23.2 Å². The van der Waals surface area contributed by atoms with E-state index < -0.39 is 0 Å². The van der Waals surface area contributed by atoms with E-state index in [4.69, 9.17) is 23.2 Å². The third-order valence-corrected chi connectivity index (χ3v) is 5.33. The van der Waals surface area contributed by atoms with Gasteiger partial charge in [-0.15, -0.1) is 0 Å². The quantitative estimate of drug-likeness (QED) is 0.844. The lowest BCUT2D eigenvalue weighted by Gasteiger charge is -2.36. The number of urea groups is 1. The summed E-state index contributed by atoms with van der Waals surface area (Å²) in [5, 5.41) is 4.02. The molecule has 7 heteroatoms. The van der Waals surface area contributed by atoms with Gasteiger partial charge in [-0.2, -0.15) is 0 Å². The van der Waals surface area contributed by atoms with Crippen LogP contribution in [0.4, 0.5) is 4.79 Å². The number of hydrogen-bond donors (Lipinski definition) is 1. The Labute approximate surface area is 158 Å². The van der Waals surface area contributed by atoms with E-state index in [9.17, 15) is 9.59 Å². The zero-order chi connectivity index (χ0) is 17.8. The summed E-state index contributed by atoms with van der Waals surface area (Å²) in [5.74, 6) is -0.100. The molecular formula is C18H23Cl2N3O2. The van der Waals surface area contributed by atoms with Crippen LogP contribution in [0.2, 0.25) is 10.0 Å². The second-order valence-electron chi connectivity index (χ2n) is 6.72. The molecule has 1 aliphatic carbocycles. The van der Waals surface area contributed by atoms with Crippen LogP contribution in [0, 0.1) is 0 Å². The first-order chi connectivity index (χ1) is 12.0. The first-order valence-electron chi connectivity index (χ1n) is 8.84. The Morgan fingerprint density at radius 2 is 1.44 bits per heavy atom. The lowest BCUT2D eigenvalue weighted by atomic mass is 9.96. The molecular weight excluding hydrogens is 361 g/mol. The van der Waals surface area contributed by atoms with Crippen molar-refractivity contribution in [3.63, 3.8) is 0 Å². The summed E-state index contributed by atoms with van der Waals surface area (Å²) in [6.45, 7) is 2.11. The van der Waals surface area contributed by atoms with Crippen LogP contribution < -0.4 is 5.32 Å². The average Bonchev–Trinajstić information content (AvgIpc) is 2.61. The minimum absolute atomic E-state index is 0.00945. The van der Waals surface area contributed by atoms with Gasteiger partial charge in [-0.25, -0.2) is 4.79 Å². The zero-order valence-electron chi connectivity index (χ0n) is 14.1. The van der Waals surface area contributed by atoms with Gasteiger partial charge in [0.2, 0.25) is 0 Å². The lowest BCUT2D eigenvalue weighted by molar-refractivity contribution is 0.0662. The number of carbonyl (C=O) groups is 2. The topological polar surface area (TPSA) is 52.7 Å². The van der Waals surface area contributed by atoms with Gasteiger partial charge in [0, 0.05) is 47.8 Å². The third-order valence-electron chi connectivity index (χ3n) is 4.90. The summed E-state index contributed by atoms with van der Waals surface area (Å²) in [6, 6.07) is 5.14. The fourth-order valence-corrected chi connectivity index (χ4v) is 4.01. The summed E-state index contributed by atoms with van der Waals surface area (Å²) in [4.78, 5) is 28.5. The molecule has 1 aromatic rings. The molecule has 3 rings (SSSR count). The van der Waals surface area contributed by atoms with Crippen molar-refractivity contribution in [1.82, 2.24) is 15.1 Å². The van der Waals surface area contributed by atoms with Crippen LogP contribution in [0.5, 0.6) is 0 Å². The Kier molecular flexibility index (Phi) is 6.07. The molecule has 1 N–H and O–H groups in total. The van der Waals surface area contributed by atoms with Crippen molar-refractivity contribution >= 4 is 35.1 Å². The molecule has 0 unspecified atom stereocenters. The molecule has 0 atom stereocenters. The van der Waals surface area contributed by atoms with Gasteiger partial charge < -0.3 is 15.1 Å². The first-order valence-corrected chi connectivity index (χ1v) is 9.59. The van der Waals surface area contributed by atoms with Crippen molar-refractivity contribution in [2.45, 2.75) is 38.1 Å². The van der Waals surface area contributed by atoms with Crippen LogP contribution in [0.15, 0.2) is 18.2 Å². The number of benzene rings is 1. The van der Waals surface area contributed by atoms with Crippen molar-refractivity contribution in [1.29, 1.82) is 0 Å². The van der Waals surface area contributed by atoms with Crippen LogP contribution in [-0.4, -0.2) is 54.0 Å². The van der Waals surface area contributed by atoms with Gasteiger partial charge in [-0.05, 0) is 31.0 Å². The van der Waals surface area contributed by atoms with Crippen molar-refractivity contribution in [2.75, 3.05) is 26.2 Å². The standard InChI is InChI=1S/C18H23Cl2N3O2/c19-14-10-13(11-15(20)12-14)17(24)22-6-8-23(9-7-22)18(25)21-16-4-2-1-3-5-16/h10-12,16H,1-9H2,(H,21,25). The van der Waals surface area contributed by atoms with E-state index in [1.807, 2.05) is 0 Å². The Morgan fingerprint density at radius 3 is 2.04 bits per heavy atom. The molecule has 0 spiro atoms. The highest BCUT2D eigenvalue weighted by atomic mass is 35.5. The Balaban J connectivity index is 1.52. The van der Waals surface area contributed by atoms with Crippen molar-refractivity contribution in [3.05, 3.63) is 33.8 Å². The molecule has 25 heavy (non-hydrogen) atoms. The van der Waals surface area contributed by atoms with E-state index in [0.717, 1.165) is 12.8 Å². The maximum atomic E-state index is 12.6. The van der Waals surface area contributed by atoms with Crippen molar-refractivity contribution in [3.8, 4) is 0 Å². The van der Waals surface area contributed by atoms with Crippen LogP contribution in [0.25, 0.3) is 0 Å². The van der Waals surface area contributed by atoms with Crippen molar-refractivity contribution in [2.24, 2.45) is 0 Å². The van der Waals surface area contributed by atoms with Crippen LogP contribution in [0.1, 0.15) is 42.5 Å². The first kappa shape index (κ1) is 18.3. The zero-order valence-corrected chi connectivity index (χ0v) is 15.7. The Bertz CT molecular complexity index is 619. The Morgan fingerprint density at radius 1 is 0.880 bits per heavy atom. The number of piperazine rings is 1. The van der Waals surface area contributed by atoms with Crippen molar-refractivity contribution < 1.29 is 9.59 Å². The smallest absolute Gasteiger partial charge is 0.317 e. The van der Waals surface area contributed by atoms with E-state index >= 15 is 0 Å². The molecule has 5 nitrogen and oxygen atoms in total. The largest absolute Gasteiger partial charge is 0.335 e. The Hall–Kier alpha value is -1.46.